The fourth-order valence-electron chi connectivity index (χ4n) is 1.66. The number of halogens is 1. The zero-order valence-corrected chi connectivity index (χ0v) is 11.9. The van der Waals surface area contributed by atoms with Gasteiger partial charge in [0.05, 0.1) is 0 Å². The minimum atomic E-state index is 0.450. The van der Waals surface area contributed by atoms with Crippen molar-refractivity contribution in [3.05, 3.63) is 42.0 Å². The van der Waals surface area contributed by atoms with Crippen LogP contribution in [0.2, 0.25) is 0 Å². The van der Waals surface area contributed by atoms with Crippen molar-refractivity contribution in [3.8, 4) is 5.75 Å². The van der Waals surface area contributed by atoms with Crippen LogP contribution in [0.4, 0.5) is 0 Å². The van der Waals surface area contributed by atoms with Crippen LogP contribution in [0.5, 0.6) is 5.75 Å². The van der Waals surface area contributed by atoms with Crippen molar-refractivity contribution < 1.29 is 4.74 Å². The maximum absolute atomic E-state index is 5.74. The van der Waals surface area contributed by atoms with E-state index in [1.54, 1.807) is 6.33 Å². The van der Waals surface area contributed by atoms with Crippen LogP contribution < -0.4 is 4.74 Å². The van der Waals surface area contributed by atoms with Gasteiger partial charge >= 0.3 is 0 Å². The summed E-state index contributed by atoms with van der Waals surface area (Å²) in [5, 5.41) is 5.00. The molecular weight excluding hydrogens is 294 g/mol. The zero-order valence-electron chi connectivity index (χ0n) is 10.3. The van der Waals surface area contributed by atoms with Gasteiger partial charge in [-0.05, 0) is 24.1 Å². The molecule has 4 nitrogen and oxygen atoms in total. The van der Waals surface area contributed by atoms with Crippen LogP contribution in [0.15, 0.2) is 30.6 Å². The molecule has 0 amide bonds. The molecule has 1 aromatic heterocycles. The van der Waals surface area contributed by atoms with Gasteiger partial charge in [-0.15, -0.1) is 0 Å². The van der Waals surface area contributed by atoms with E-state index in [-0.39, 0.29) is 0 Å². The molecule has 18 heavy (non-hydrogen) atoms. The second kappa shape index (κ2) is 6.54. The highest BCUT2D eigenvalue weighted by molar-refractivity contribution is 9.08. The van der Waals surface area contributed by atoms with E-state index >= 15 is 0 Å². The maximum Gasteiger partial charge on any atom is 0.164 e. The Hall–Kier alpha value is -1.36. The van der Waals surface area contributed by atoms with Gasteiger partial charge in [-0.2, -0.15) is 5.10 Å². The largest absolute Gasteiger partial charge is 0.486 e. The molecule has 0 aliphatic heterocycles. The third kappa shape index (κ3) is 3.32. The normalized spacial score (nSPS) is 10.6. The number of aromatic nitrogens is 3. The molecule has 5 heteroatoms. The Morgan fingerprint density at radius 2 is 2.28 bits per heavy atom. The maximum atomic E-state index is 5.74. The second-order valence-electron chi connectivity index (χ2n) is 3.97. The van der Waals surface area contributed by atoms with E-state index in [4.69, 9.17) is 4.74 Å². The van der Waals surface area contributed by atoms with E-state index in [0.29, 0.717) is 6.61 Å². The molecule has 0 unspecified atom stereocenters. The summed E-state index contributed by atoms with van der Waals surface area (Å²) in [5.74, 6) is 1.72. The molecule has 2 aromatic rings. The molecule has 0 radical (unpaired) electrons. The van der Waals surface area contributed by atoms with Crippen LogP contribution in [-0.2, 0) is 18.5 Å². The molecular formula is C13H16BrN3O. The zero-order chi connectivity index (χ0) is 12.8. The lowest BCUT2D eigenvalue weighted by molar-refractivity contribution is 0.286. The van der Waals surface area contributed by atoms with Gasteiger partial charge in [0.25, 0.3) is 0 Å². The molecule has 0 atom stereocenters. The summed E-state index contributed by atoms with van der Waals surface area (Å²) >= 11 is 3.43. The quantitative estimate of drug-likeness (QED) is 0.770. The van der Waals surface area contributed by atoms with Gasteiger partial charge in [-0.3, -0.25) is 0 Å². The molecule has 0 bridgehead atoms. The summed E-state index contributed by atoms with van der Waals surface area (Å²) < 4.78 is 7.62. The minimum absolute atomic E-state index is 0.450. The van der Waals surface area contributed by atoms with Gasteiger partial charge in [0, 0.05) is 11.9 Å². The van der Waals surface area contributed by atoms with Crippen molar-refractivity contribution in [2.75, 3.05) is 0 Å². The number of aryl methyl sites for hydroxylation is 1. The molecule has 0 fully saturated rings. The predicted molar refractivity (Wildman–Crippen MR) is 73.7 cm³/mol. The first kappa shape index (κ1) is 13.1. The van der Waals surface area contributed by atoms with Crippen molar-refractivity contribution in [3.63, 3.8) is 0 Å². The topological polar surface area (TPSA) is 39.9 Å². The SMILES string of the molecule is CCCn1ncnc1COc1cccc(CBr)c1. The molecule has 0 saturated heterocycles. The Labute approximate surface area is 115 Å². The molecule has 96 valence electrons. The van der Waals surface area contributed by atoms with Crippen LogP contribution in [0.25, 0.3) is 0 Å². The van der Waals surface area contributed by atoms with E-state index in [2.05, 4.69) is 39.0 Å². The van der Waals surface area contributed by atoms with Crippen LogP contribution in [0, 0.1) is 0 Å². The number of alkyl halides is 1. The van der Waals surface area contributed by atoms with E-state index in [1.807, 2.05) is 22.9 Å². The Bertz CT molecular complexity index is 498. The van der Waals surface area contributed by atoms with Crippen molar-refractivity contribution >= 4 is 15.9 Å². The summed E-state index contributed by atoms with van der Waals surface area (Å²) in [6, 6.07) is 8.02. The number of benzene rings is 1. The smallest absolute Gasteiger partial charge is 0.164 e. The standard InChI is InChI=1S/C13H16BrN3O/c1-2-6-17-13(15-10-16-17)9-18-12-5-3-4-11(7-12)8-14/h3-5,7,10H,2,6,8-9H2,1H3. The number of ether oxygens (including phenoxy) is 1. The summed E-state index contributed by atoms with van der Waals surface area (Å²) in [4.78, 5) is 4.21. The first-order chi connectivity index (χ1) is 8.83. The van der Waals surface area contributed by atoms with Crippen molar-refractivity contribution in [2.24, 2.45) is 0 Å². The molecule has 0 saturated carbocycles. The van der Waals surface area contributed by atoms with Gasteiger partial charge in [0.15, 0.2) is 5.82 Å². The van der Waals surface area contributed by atoms with Gasteiger partial charge in [-0.25, -0.2) is 9.67 Å². The van der Waals surface area contributed by atoms with Crippen molar-refractivity contribution in [1.82, 2.24) is 14.8 Å². The third-order valence-electron chi connectivity index (χ3n) is 2.55. The summed E-state index contributed by atoms with van der Waals surface area (Å²) in [6.07, 6.45) is 2.61. The van der Waals surface area contributed by atoms with E-state index in [1.165, 1.54) is 5.56 Å². The fraction of sp³-hybridized carbons (Fsp3) is 0.385. The summed E-state index contributed by atoms with van der Waals surface area (Å²) in [6.45, 7) is 3.44. The van der Waals surface area contributed by atoms with Gasteiger partial charge in [0.2, 0.25) is 0 Å². The van der Waals surface area contributed by atoms with Gasteiger partial charge in [-0.1, -0.05) is 35.0 Å². The fourth-order valence-corrected chi connectivity index (χ4v) is 2.01. The van der Waals surface area contributed by atoms with Crippen molar-refractivity contribution in [2.45, 2.75) is 31.8 Å². The average Bonchev–Trinajstić information content (AvgIpc) is 2.85. The number of nitrogens with zero attached hydrogens (tertiary/aromatic N) is 3. The van der Waals surface area contributed by atoms with Crippen LogP contribution in [0.3, 0.4) is 0 Å². The van der Waals surface area contributed by atoms with Crippen LogP contribution >= 0.6 is 15.9 Å². The molecule has 1 heterocycles. The second-order valence-corrected chi connectivity index (χ2v) is 4.53. The third-order valence-corrected chi connectivity index (χ3v) is 3.20. The predicted octanol–water partition coefficient (Wildman–Crippen LogP) is 3.16. The van der Waals surface area contributed by atoms with E-state index in [9.17, 15) is 0 Å². The Morgan fingerprint density at radius 1 is 1.39 bits per heavy atom. The first-order valence-electron chi connectivity index (χ1n) is 5.98. The van der Waals surface area contributed by atoms with Crippen LogP contribution in [0.1, 0.15) is 24.7 Å². The highest BCUT2D eigenvalue weighted by Crippen LogP contribution is 2.16. The number of hydrogen-bond acceptors (Lipinski definition) is 3. The molecule has 0 aliphatic carbocycles. The minimum Gasteiger partial charge on any atom is -0.486 e. The lowest BCUT2D eigenvalue weighted by Crippen LogP contribution is -2.08. The Morgan fingerprint density at radius 3 is 3.06 bits per heavy atom. The summed E-state index contributed by atoms with van der Waals surface area (Å²) in [7, 11) is 0. The van der Waals surface area contributed by atoms with E-state index in [0.717, 1.165) is 29.9 Å². The molecule has 0 aliphatic rings. The lowest BCUT2D eigenvalue weighted by Gasteiger charge is -2.08. The molecule has 0 spiro atoms. The Balaban J connectivity index is 1.99. The first-order valence-corrected chi connectivity index (χ1v) is 7.10. The monoisotopic (exact) mass is 309 g/mol. The average molecular weight is 310 g/mol. The highest BCUT2D eigenvalue weighted by atomic mass is 79.9. The number of rotatable bonds is 6. The Kier molecular flexibility index (Phi) is 4.75. The summed E-state index contributed by atoms with van der Waals surface area (Å²) in [5.41, 5.74) is 1.20. The molecule has 2 rings (SSSR count). The van der Waals surface area contributed by atoms with Crippen LogP contribution in [-0.4, -0.2) is 14.8 Å². The van der Waals surface area contributed by atoms with E-state index < -0.39 is 0 Å². The van der Waals surface area contributed by atoms with Gasteiger partial charge < -0.3 is 4.74 Å². The van der Waals surface area contributed by atoms with Crippen molar-refractivity contribution in [1.29, 1.82) is 0 Å². The lowest BCUT2D eigenvalue weighted by atomic mass is 10.2. The molecule has 1 aromatic carbocycles. The number of hydrogen-bond donors (Lipinski definition) is 0. The molecule has 0 N–H and O–H groups in total. The highest BCUT2D eigenvalue weighted by Gasteiger charge is 2.04. The van der Waals surface area contributed by atoms with Gasteiger partial charge in [0.1, 0.15) is 18.7 Å².